The van der Waals surface area contributed by atoms with Crippen LogP contribution < -0.4 is 4.90 Å². The van der Waals surface area contributed by atoms with Gasteiger partial charge in [0.05, 0.1) is 23.0 Å². The summed E-state index contributed by atoms with van der Waals surface area (Å²) in [5, 5.41) is 18.9. The standard InChI is InChI=1S/C36H39N5O2/c42-34-16-8-7-15-31(34)32-22-30(23-37-38-32)40-20-17-36(18-21-40,29-13-5-2-6-14-29)35(43)41-19-9-12-28-25-39(26-33(28)41)24-27-10-3-1-4-11-27/h1-8,10-11,13-16,22-23,28,33,42H,9,12,17-21,24-26H2. The lowest BCUT2D eigenvalue weighted by Gasteiger charge is -2.47. The fourth-order valence-electron chi connectivity index (χ4n) is 7.65. The van der Waals surface area contributed by atoms with E-state index in [1.54, 1.807) is 18.3 Å². The number of aromatic nitrogens is 2. The molecule has 4 heterocycles. The maximum absolute atomic E-state index is 14.8. The van der Waals surface area contributed by atoms with Crippen molar-refractivity contribution >= 4 is 11.6 Å². The van der Waals surface area contributed by atoms with Crippen LogP contribution in [0, 0.1) is 5.92 Å². The van der Waals surface area contributed by atoms with Crippen LogP contribution in [0.25, 0.3) is 11.3 Å². The summed E-state index contributed by atoms with van der Waals surface area (Å²) >= 11 is 0. The zero-order chi connectivity index (χ0) is 29.2. The summed E-state index contributed by atoms with van der Waals surface area (Å²) in [4.78, 5) is 22.0. The Balaban J connectivity index is 1.12. The van der Waals surface area contributed by atoms with Gasteiger partial charge < -0.3 is 14.9 Å². The first-order valence-corrected chi connectivity index (χ1v) is 15.6. The number of phenols is 1. The van der Waals surface area contributed by atoms with E-state index in [0.29, 0.717) is 23.1 Å². The van der Waals surface area contributed by atoms with Gasteiger partial charge in [-0.05, 0) is 60.9 Å². The number of fused-ring (bicyclic) bond motifs is 1. The first-order valence-electron chi connectivity index (χ1n) is 15.6. The van der Waals surface area contributed by atoms with Gasteiger partial charge in [0.2, 0.25) is 5.91 Å². The number of piperidine rings is 2. The molecule has 1 aromatic heterocycles. The van der Waals surface area contributed by atoms with E-state index < -0.39 is 5.41 Å². The van der Waals surface area contributed by atoms with Crippen molar-refractivity contribution in [2.45, 2.75) is 43.7 Å². The van der Waals surface area contributed by atoms with Gasteiger partial charge in [-0.25, -0.2) is 0 Å². The first kappa shape index (κ1) is 27.6. The fourth-order valence-corrected chi connectivity index (χ4v) is 7.65. The van der Waals surface area contributed by atoms with Crippen molar-refractivity contribution in [1.29, 1.82) is 0 Å². The largest absolute Gasteiger partial charge is 0.507 e. The molecule has 3 aliphatic rings. The average Bonchev–Trinajstić information content (AvgIpc) is 3.48. The van der Waals surface area contributed by atoms with E-state index in [1.807, 2.05) is 24.3 Å². The monoisotopic (exact) mass is 573 g/mol. The molecule has 3 aliphatic heterocycles. The van der Waals surface area contributed by atoms with Crippen LogP contribution in [0.3, 0.4) is 0 Å². The number of benzene rings is 3. The predicted molar refractivity (Wildman–Crippen MR) is 169 cm³/mol. The lowest BCUT2D eigenvalue weighted by molar-refractivity contribution is -0.143. The molecule has 43 heavy (non-hydrogen) atoms. The van der Waals surface area contributed by atoms with E-state index in [9.17, 15) is 9.90 Å². The van der Waals surface area contributed by atoms with E-state index in [1.165, 1.54) is 12.0 Å². The summed E-state index contributed by atoms with van der Waals surface area (Å²) in [5.74, 6) is 1.03. The molecule has 0 bridgehead atoms. The number of carbonyl (C=O) groups excluding carboxylic acids is 1. The quantitative estimate of drug-likeness (QED) is 0.328. The molecule has 0 saturated carbocycles. The van der Waals surface area contributed by atoms with Gasteiger partial charge in [-0.3, -0.25) is 9.69 Å². The third-order valence-corrected chi connectivity index (χ3v) is 9.90. The smallest absolute Gasteiger partial charge is 0.233 e. The van der Waals surface area contributed by atoms with Gasteiger partial charge >= 0.3 is 0 Å². The molecule has 7 heteroatoms. The number of hydrogen-bond donors (Lipinski definition) is 1. The first-order chi connectivity index (χ1) is 21.1. The van der Waals surface area contributed by atoms with Crippen molar-refractivity contribution < 1.29 is 9.90 Å². The highest BCUT2D eigenvalue weighted by molar-refractivity contribution is 5.89. The Kier molecular flexibility index (Phi) is 7.58. The van der Waals surface area contributed by atoms with Gasteiger partial charge in [0.25, 0.3) is 0 Å². The molecule has 4 aromatic rings. The van der Waals surface area contributed by atoms with Crippen LogP contribution >= 0.6 is 0 Å². The normalized spacial score (nSPS) is 21.9. The van der Waals surface area contributed by atoms with E-state index in [-0.39, 0.29) is 11.8 Å². The van der Waals surface area contributed by atoms with Crippen LogP contribution in [0.4, 0.5) is 5.69 Å². The number of amides is 1. The molecule has 2 atom stereocenters. The maximum Gasteiger partial charge on any atom is 0.233 e. The minimum absolute atomic E-state index is 0.190. The Labute approximate surface area is 253 Å². The highest BCUT2D eigenvalue weighted by Gasteiger charge is 2.49. The average molecular weight is 574 g/mol. The molecular weight excluding hydrogens is 534 g/mol. The van der Waals surface area contributed by atoms with Crippen LogP contribution in [-0.4, -0.2) is 69.8 Å². The van der Waals surface area contributed by atoms with Gasteiger partial charge in [0, 0.05) is 50.9 Å². The number of rotatable bonds is 6. The molecule has 0 aliphatic carbocycles. The fraction of sp³-hybridized carbons (Fsp3) is 0.361. The van der Waals surface area contributed by atoms with Crippen LogP contribution in [0.1, 0.15) is 36.8 Å². The molecule has 0 spiro atoms. The Morgan fingerprint density at radius 1 is 0.884 bits per heavy atom. The highest BCUT2D eigenvalue weighted by Crippen LogP contribution is 2.42. The van der Waals surface area contributed by atoms with E-state index in [4.69, 9.17) is 0 Å². The van der Waals surface area contributed by atoms with Gasteiger partial charge in [0.15, 0.2) is 0 Å². The van der Waals surface area contributed by atoms with Gasteiger partial charge in [-0.2, -0.15) is 10.2 Å². The van der Waals surface area contributed by atoms with E-state index in [2.05, 4.69) is 79.5 Å². The van der Waals surface area contributed by atoms with Crippen molar-refractivity contribution in [2.24, 2.45) is 5.92 Å². The summed E-state index contributed by atoms with van der Waals surface area (Å²) in [6.07, 6.45) is 5.54. The summed E-state index contributed by atoms with van der Waals surface area (Å²) in [7, 11) is 0. The van der Waals surface area contributed by atoms with Gasteiger partial charge in [-0.1, -0.05) is 72.8 Å². The SMILES string of the molecule is O=C(N1CCCC2CN(Cc3ccccc3)CC21)C1(c2ccccc2)CCN(c2cnnc(-c3ccccc3O)c2)CC1. The molecule has 3 saturated heterocycles. The second-order valence-electron chi connectivity index (χ2n) is 12.4. The zero-order valence-electron chi connectivity index (χ0n) is 24.6. The van der Waals surface area contributed by atoms with Crippen LogP contribution in [-0.2, 0) is 16.8 Å². The summed E-state index contributed by atoms with van der Waals surface area (Å²) in [5.41, 5.74) is 4.19. The van der Waals surface area contributed by atoms with Crippen LogP contribution in [0.2, 0.25) is 0 Å². The molecule has 0 radical (unpaired) electrons. The number of hydrogen-bond acceptors (Lipinski definition) is 6. The molecule has 2 unspecified atom stereocenters. The second-order valence-corrected chi connectivity index (χ2v) is 12.4. The van der Waals surface area contributed by atoms with E-state index in [0.717, 1.165) is 69.8 Å². The Morgan fingerprint density at radius 3 is 2.37 bits per heavy atom. The number of para-hydroxylation sites is 1. The van der Waals surface area contributed by atoms with Gasteiger partial charge in [-0.15, -0.1) is 0 Å². The Bertz CT molecular complexity index is 1550. The van der Waals surface area contributed by atoms with Crippen molar-refractivity contribution in [3.63, 3.8) is 0 Å². The molecular formula is C36H39N5O2. The topological polar surface area (TPSA) is 72.8 Å². The molecule has 7 nitrogen and oxygen atoms in total. The summed E-state index contributed by atoms with van der Waals surface area (Å²) in [6.45, 7) is 5.28. The second kappa shape index (κ2) is 11.8. The van der Waals surface area contributed by atoms with Crippen LogP contribution in [0.5, 0.6) is 5.75 Å². The van der Waals surface area contributed by atoms with Gasteiger partial charge in [0.1, 0.15) is 5.75 Å². The number of anilines is 1. The molecule has 3 fully saturated rings. The minimum Gasteiger partial charge on any atom is -0.507 e. The lowest BCUT2D eigenvalue weighted by atomic mass is 9.70. The summed E-state index contributed by atoms with van der Waals surface area (Å²) in [6, 6.07) is 30.6. The maximum atomic E-state index is 14.8. The van der Waals surface area contributed by atoms with Crippen molar-refractivity contribution in [3.8, 4) is 17.0 Å². The zero-order valence-corrected chi connectivity index (χ0v) is 24.6. The number of likely N-dealkylation sites (tertiary alicyclic amines) is 2. The lowest BCUT2D eigenvalue weighted by Crippen LogP contribution is -2.58. The third kappa shape index (κ3) is 5.38. The van der Waals surface area contributed by atoms with E-state index >= 15 is 0 Å². The minimum atomic E-state index is -0.548. The summed E-state index contributed by atoms with van der Waals surface area (Å²) < 4.78 is 0. The molecule has 1 N–H and O–H groups in total. The Morgan fingerprint density at radius 2 is 1.60 bits per heavy atom. The number of phenolic OH excluding ortho intramolecular Hbond substituents is 1. The van der Waals surface area contributed by atoms with Crippen molar-refractivity contribution in [3.05, 3.63) is 108 Å². The molecule has 3 aromatic carbocycles. The number of aromatic hydroxyl groups is 1. The number of nitrogens with zero attached hydrogens (tertiary/aromatic N) is 5. The van der Waals surface area contributed by atoms with Crippen molar-refractivity contribution in [1.82, 2.24) is 20.0 Å². The highest BCUT2D eigenvalue weighted by atomic mass is 16.3. The third-order valence-electron chi connectivity index (χ3n) is 9.90. The predicted octanol–water partition coefficient (Wildman–Crippen LogP) is 5.51. The molecule has 220 valence electrons. The molecule has 1 amide bonds. The van der Waals surface area contributed by atoms with Crippen LogP contribution in [0.15, 0.2) is 97.2 Å². The molecule has 7 rings (SSSR count). The van der Waals surface area contributed by atoms with Crippen molar-refractivity contribution in [2.75, 3.05) is 37.6 Å². The number of carbonyl (C=O) groups is 1. The Hall–Kier alpha value is -4.23.